The Labute approximate surface area is 127 Å². The molecule has 19 heavy (non-hydrogen) atoms. The highest BCUT2D eigenvalue weighted by atomic mass is 79.9. The van der Waals surface area contributed by atoms with Crippen molar-refractivity contribution < 1.29 is 0 Å². The predicted molar refractivity (Wildman–Crippen MR) is 84.1 cm³/mol. The fraction of sp³-hybridized carbons (Fsp3) is 0.200. The third-order valence-corrected chi connectivity index (χ3v) is 3.87. The number of aryl methyl sites for hydroxylation is 1. The highest BCUT2D eigenvalue weighted by Crippen LogP contribution is 2.25. The van der Waals surface area contributed by atoms with Crippen molar-refractivity contribution in [3.8, 4) is 0 Å². The molecular formula is C15H16BrClN2. The number of nitrogens with one attached hydrogen (secondary N) is 1. The monoisotopic (exact) mass is 338 g/mol. The quantitative estimate of drug-likeness (QED) is 0.648. The lowest BCUT2D eigenvalue weighted by atomic mass is 9.96. The zero-order valence-electron chi connectivity index (χ0n) is 10.7. The molecule has 4 heteroatoms. The minimum Gasteiger partial charge on any atom is -0.271 e. The molecule has 0 bridgehead atoms. The highest BCUT2D eigenvalue weighted by molar-refractivity contribution is 9.10. The molecule has 2 nitrogen and oxygen atoms in total. The van der Waals surface area contributed by atoms with Crippen molar-refractivity contribution in [2.45, 2.75) is 19.4 Å². The lowest BCUT2D eigenvalue weighted by Gasteiger charge is -2.19. The average molecular weight is 340 g/mol. The Hall–Kier alpha value is -0.870. The van der Waals surface area contributed by atoms with E-state index in [1.165, 1.54) is 11.1 Å². The van der Waals surface area contributed by atoms with Gasteiger partial charge >= 0.3 is 0 Å². The van der Waals surface area contributed by atoms with Crippen LogP contribution in [0.1, 0.15) is 22.7 Å². The van der Waals surface area contributed by atoms with Gasteiger partial charge in [-0.25, -0.2) is 0 Å². The predicted octanol–water partition coefficient (Wildman–Crippen LogP) is 4.16. The van der Waals surface area contributed by atoms with E-state index in [4.69, 9.17) is 17.4 Å². The summed E-state index contributed by atoms with van der Waals surface area (Å²) >= 11 is 9.49. The molecule has 0 spiro atoms. The van der Waals surface area contributed by atoms with Crippen LogP contribution in [0.4, 0.5) is 0 Å². The zero-order valence-corrected chi connectivity index (χ0v) is 13.0. The largest absolute Gasteiger partial charge is 0.271 e. The normalized spacial score (nSPS) is 12.4. The maximum atomic E-state index is 6.01. The Morgan fingerprint density at radius 2 is 2.05 bits per heavy atom. The van der Waals surface area contributed by atoms with E-state index in [1.54, 1.807) is 0 Å². The first-order valence-electron chi connectivity index (χ1n) is 6.07. The van der Waals surface area contributed by atoms with E-state index >= 15 is 0 Å². The maximum absolute atomic E-state index is 6.01. The molecule has 0 saturated heterocycles. The summed E-state index contributed by atoms with van der Waals surface area (Å²) in [5.41, 5.74) is 6.46. The van der Waals surface area contributed by atoms with E-state index in [-0.39, 0.29) is 6.04 Å². The summed E-state index contributed by atoms with van der Waals surface area (Å²) < 4.78 is 1.08. The second-order valence-electron chi connectivity index (χ2n) is 4.55. The lowest BCUT2D eigenvalue weighted by molar-refractivity contribution is 0.549. The van der Waals surface area contributed by atoms with Crippen LogP contribution < -0.4 is 11.3 Å². The van der Waals surface area contributed by atoms with Gasteiger partial charge in [-0.05, 0) is 54.3 Å². The molecule has 0 aliphatic heterocycles. The lowest BCUT2D eigenvalue weighted by Crippen LogP contribution is -2.30. The molecule has 1 unspecified atom stereocenters. The Balaban J connectivity index is 2.25. The molecule has 0 amide bonds. The molecule has 100 valence electrons. The van der Waals surface area contributed by atoms with Gasteiger partial charge in [-0.3, -0.25) is 11.3 Å². The molecular weight excluding hydrogens is 324 g/mol. The third-order valence-electron chi connectivity index (χ3n) is 3.14. The Morgan fingerprint density at radius 3 is 2.68 bits per heavy atom. The van der Waals surface area contributed by atoms with Crippen molar-refractivity contribution in [2.75, 3.05) is 0 Å². The molecule has 0 fully saturated rings. The van der Waals surface area contributed by atoms with E-state index < -0.39 is 0 Å². The molecule has 3 N–H and O–H groups in total. The number of hydrogen-bond acceptors (Lipinski definition) is 2. The van der Waals surface area contributed by atoms with Crippen LogP contribution >= 0.6 is 27.5 Å². The zero-order chi connectivity index (χ0) is 13.8. The number of nitrogens with two attached hydrogens (primary N) is 1. The topological polar surface area (TPSA) is 38.0 Å². The minimum absolute atomic E-state index is 0.0755. The first-order valence-corrected chi connectivity index (χ1v) is 7.24. The van der Waals surface area contributed by atoms with Gasteiger partial charge in [0.05, 0.1) is 6.04 Å². The Morgan fingerprint density at radius 1 is 1.26 bits per heavy atom. The molecule has 2 aromatic carbocycles. The van der Waals surface area contributed by atoms with Crippen molar-refractivity contribution >= 4 is 27.5 Å². The van der Waals surface area contributed by atoms with Crippen LogP contribution in [0.3, 0.4) is 0 Å². The summed E-state index contributed by atoms with van der Waals surface area (Å²) in [6.07, 6.45) is 0.805. The Kier molecular flexibility index (Phi) is 4.99. The SMILES string of the molecule is Cc1cc(Br)ccc1C(Cc1cccc(Cl)c1)NN. The van der Waals surface area contributed by atoms with Gasteiger partial charge in [0, 0.05) is 9.50 Å². The molecule has 0 aliphatic rings. The number of rotatable bonds is 4. The van der Waals surface area contributed by atoms with Crippen LogP contribution in [0, 0.1) is 6.92 Å². The number of hydrogen-bond donors (Lipinski definition) is 2. The standard InChI is InChI=1S/C15H16BrClN2/c1-10-7-12(16)5-6-14(10)15(19-18)9-11-3-2-4-13(17)8-11/h2-8,15,19H,9,18H2,1H3. The van der Waals surface area contributed by atoms with Gasteiger partial charge in [0.2, 0.25) is 0 Å². The smallest absolute Gasteiger partial charge is 0.0502 e. The number of benzene rings is 2. The van der Waals surface area contributed by atoms with Crippen molar-refractivity contribution in [1.82, 2.24) is 5.43 Å². The van der Waals surface area contributed by atoms with Gasteiger partial charge < -0.3 is 0 Å². The van der Waals surface area contributed by atoms with Crippen LogP contribution in [0.2, 0.25) is 5.02 Å². The molecule has 0 heterocycles. The summed E-state index contributed by atoms with van der Waals surface area (Å²) in [6, 6.07) is 14.2. The van der Waals surface area contributed by atoms with Gasteiger partial charge in [0.15, 0.2) is 0 Å². The molecule has 2 rings (SSSR count). The van der Waals surface area contributed by atoms with Crippen LogP contribution in [0.25, 0.3) is 0 Å². The second kappa shape index (κ2) is 6.53. The fourth-order valence-corrected chi connectivity index (χ4v) is 2.88. The van der Waals surface area contributed by atoms with Crippen molar-refractivity contribution in [2.24, 2.45) is 5.84 Å². The van der Waals surface area contributed by atoms with Gasteiger partial charge in [-0.15, -0.1) is 0 Å². The first-order chi connectivity index (χ1) is 9.10. The van der Waals surface area contributed by atoms with Crippen molar-refractivity contribution in [3.63, 3.8) is 0 Å². The summed E-state index contributed by atoms with van der Waals surface area (Å²) in [7, 11) is 0. The first kappa shape index (κ1) is 14.5. The average Bonchev–Trinajstić information content (AvgIpc) is 2.37. The molecule has 0 radical (unpaired) electrons. The second-order valence-corrected chi connectivity index (χ2v) is 5.91. The van der Waals surface area contributed by atoms with E-state index in [2.05, 4.69) is 46.5 Å². The van der Waals surface area contributed by atoms with E-state index in [0.717, 1.165) is 21.5 Å². The van der Waals surface area contributed by atoms with E-state index in [0.29, 0.717) is 0 Å². The molecule has 2 aromatic rings. The van der Waals surface area contributed by atoms with Crippen LogP contribution in [-0.2, 0) is 6.42 Å². The number of hydrazine groups is 1. The maximum Gasteiger partial charge on any atom is 0.0502 e. The van der Waals surface area contributed by atoms with E-state index in [1.807, 2.05) is 24.3 Å². The molecule has 0 aromatic heterocycles. The summed E-state index contributed by atoms with van der Waals surface area (Å²) in [5.74, 6) is 5.70. The van der Waals surface area contributed by atoms with Gasteiger partial charge in [0.25, 0.3) is 0 Å². The Bertz CT molecular complexity index is 572. The van der Waals surface area contributed by atoms with Gasteiger partial charge in [-0.2, -0.15) is 0 Å². The third kappa shape index (κ3) is 3.80. The highest BCUT2D eigenvalue weighted by Gasteiger charge is 2.13. The van der Waals surface area contributed by atoms with E-state index in [9.17, 15) is 0 Å². The number of halogens is 2. The molecule has 0 saturated carbocycles. The fourth-order valence-electron chi connectivity index (χ4n) is 2.19. The molecule has 0 aliphatic carbocycles. The van der Waals surface area contributed by atoms with Crippen molar-refractivity contribution in [3.05, 3.63) is 68.7 Å². The minimum atomic E-state index is 0.0755. The summed E-state index contributed by atoms with van der Waals surface area (Å²) in [4.78, 5) is 0. The van der Waals surface area contributed by atoms with Crippen LogP contribution in [0.5, 0.6) is 0 Å². The van der Waals surface area contributed by atoms with Crippen molar-refractivity contribution in [1.29, 1.82) is 0 Å². The molecule has 1 atom stereocenters. The summed E-state index contributed by atoms with van der Waals surface area (Å²) in [6.45, 7) is 2.09. The van der Waals surface area contributed by atoms with Crippen LogP contribution in [-0.4, -0.2) is 0 Å². The van der Waals surface area contributed by atoms with Gasteiger partial charge in [-0.1, -0.05) is 45.7 Å². The van der Waals surface area contributed by atoms with Gasteiger partial charge in [0.1, 0.15) is 0 Å². The summed E-state index contributed by atoms with van der Waals surface area (Å²) in [5, 5.41) is 0.751. The van der Waals surface area contributed by atoms with Crippen LogP contribution in [0.15, 0.2) is 46.9 Å².